The van der Waals surface area contributed by atoms with E-state index < -0.39 is 35.4 Å². The molecule has 1 aliphatic rings. The summed E-state index contributed by atoms with van der Waals surface area (Å²) in [5, 5.41) is 1.18. The average Bonchev–Trinajstić information content (AvgIpc) is 2.79. The number of carbonyl (C=O) groups is 2. The minimum absolute atomic E-state index is 0.0454. The number of benzene rings is 1. The molecule has 1 aromatic carbocycles. The summed E-state index contributed by atoms with van der Waals surface area (Å²) in [7, 11) is 0. The molecule has 1 aromatic heterocycles. The number of rotatable bonds is 3. The molecule has 27 heavy (non-hydrogen) atoms. The van der Waals surface area contributed by atoms with Crippen LogP contribution in [0.2, 0.25) is 5.02 Å². The quantitative estimate of drug-likeness (QED) is 0.780. The molecule has 2 atom stereocenters. The summed E-state index contributed by atoms with van der Waals surface area (Å²) in [4.78, 5) is 28.3. The average molecular weight is 398 g/mol. The molecule has 0 aliphatic carbocycles. The summed E-state index contributed by atoms with van der Waals surface area (Å²) in [6.45, 7) is 3.23. The van der Waals surface area contributed by atoms with Crippen molar-refractivity contribution in [1.29, 1.82) is 0 Å². The number of nitrogens with zero attached hydrogens (tertiary/aromatic N) is 2. The van der Waals surface area contributed by atoms with Crippen LogP contribution in [0.3, 0.4) is 0 Å². The largest absolute Gasteiger partial charge is 0.418 e. The van der Waals surface area contributed by atoms with Crippen LogP contribution < -0.4 is 5.43 Å². The van der Waals surface area contributed by atoms with E-state index in [1.54, 1.807) is 13.8 Å². The molecule has 1 fully saturated rings. The summed E-state index contributed by atoms with van der Waals surface area (Å²) < 4.78 is 40.1. The van der Waals surface area contributed by atoms with Gasteiger partial charge in [-0.05, 0) is 24.3 Å². The van der Waals surface area contributed by atoms with Crippen LogP contribution in [0, 0.1) is 11.8 Å². The predicted molar refractivity (Wildman–Crippen MR) is 93.5 cm³/mol. The van der Waals surface area contributed by atoms with Crippen molar-refractivity contribution in [3.8, 4) is 11.3 Å². The molecule has 0 spiro atoms. The molecule has 0 bridgehead atoms. The van der Waals surface area contributed by atoms with Crippen LogP contribution in [0.25, 0.3) is 11.3 Å². The molecule has 142 valence electrons. The van der Waals surface area contributed by atoms with E-state index in [2.05, 4.69) is 10.4 Å². The van der Waals surface area contributed by atoms with E-state index >= 15 is 0 Å². The lowest BCUT2D eigenvalue weighted by Gasteiger charge is -2.19. The highest BCUT2D eigenvalue weighted by atomic mass is 35.5. The van der Waals surface area contributed by atoms with Crippen molar-refractivity contribution in [2.75, 3.05) is 5.43 Å². The minimum atomic E-state index is -4.62. The van der Waals surface area contributed by atoms with Gasteiger partial charge >= 0.3 is 6.18 Å². The third-order valence-electron chi connectivity index (χ3n) is 4.51. The molecule has 0 saturated carbocycles. The van der Waals surface area contributed by atoms with Gasteiger partial charge in [0.05, 0.1) is 11.3 Å². The Labute approximate surface area is 158 Å². The number of pyridine rings is 1. The lowest BCUT2D eigenvalue weighted by Crippen LogP contribution is -2.36. The summed E-state index contributed by atoms with van der Waals surface area (Å²) in [6.07, 6.45) is -4.62. The van der Waals surface area contributed by atoms with Crippen LogP contribution in [0.4, 0.5) is 19.0 Å². The Balaban J connectivity index is 2.01. The second kappa shape index (κ2) is 6.84. The molecule has 0 radical (unpaired) electrons. The van der Waals surface area contributed by atoms with E-state index in [4.69, 9.17) is 11.6 Å². The zero-order valence-corrected chi connectivity index (χ0v) is 15.1. The lowest BCUT2D eigenvalue weighted by molar-refractivity contribution is -0.139. The van der Waals surface area contributed by atoms with Crippen LogP contribution in [0.5, 0.6) is 0 Å². The van der Waals surface area contributed by atoms with Gasteiger partial charge in [0.1, 0.15) is 5.82 Å². The molecule has 2 heterocycles. The van der Waals surface area contributed by atoms with E-state index in [0.717, 1.165) is 17.1 Å². The van der Waals surface area contributed by atoms with Crippen molar-refractivity contribution < 1.29 is 22.8 Å². The van der Waals surface area contributed by atoms with E-state index in [9.17, 15) is 22.8 Å². The second-order valence-corrected chi connectivity index (χ2v) is 6.73. The number of aromatic nitrogens is 1. The third kappa shape index (κ3) is 3.62. The van der Waals surface area contributed by atoms with E-state index in [-0.39, 0.29) is 17.1 Å². The Morgan fingerprint density at radius 3 is 2.07 bits per heavy atom. The molecule has 1 saturated heterocycles. The maximum atomic E-state index is 13.4. The lowest BCUT2D eigenvalue weighted by atomic mass is 10.00. The Morgan fingerprint density at radius 2 is 1.56 bits per heavy atom. The zero-order valence-electron chi connectivity index (χ0n) is 14.3. The van der Waals surface area contributed by atoms with Crippen LogP contribution in [0.1, 0.15) is 19.4 Å². The molecule has 2 amide bonds. The van der Waals surface area contributed by atoms with Crippen molar-refractivity contribution in [1.82, 2.24) is 9.99 Å². The number of alkyl halides is 3. The number of halogens is 4. The molecule has 1 N–H and O–H groups in total. The van der Waals surface area contributed by atoms with Gasteiger partial charge in [0.25, 0.3) is 11.8 Å². The molecular formula is C18H15ClF3N3O2. The topological polar surface area (TPSA) is 62.3 Å². The third-order valence-corrected chi connectivity index (χ3v) is 4.77. The fourth-order valence-electron chi connectivity index (χ4n) is 2.75. The van der Waals surface area contributed by atoms with E-state index in [0.29, 0.717) is 5.02 Å². The van der Waals surface area contributed by atoms with Gasteiger partial charge in [-0.1, -0.05) is 37.6 Å². The summed E-state index contributed by atoms with van der Waals surface area (Å²) >= 11 is 5.80. The number of hydrogen-bond acceptors (Lipinski definition) is 4. The number of anilines is 1. The Kier molecular flexibility index (Phi) is 4.86. The maximum Gasteiger partial charge on any atom is 0.418 e. The van der Waals surface area contributed by atoms with Gasteiger partial charge in [-0.2, -0.15) is 18.2 Å². The number of amides is 2. The van der Waals surface area contributed by atoms with Gasteiger partial charge < -0.3 is 0 Å². The van der Waals surface area contributed by atoms with Gasteiger partial charge in [-0.3, -0.25) is 15.0 Å². The number of carbonyl (C=O) groups excluding carboxylic acids is 2. The number of hydrazine groups is 1. The van der Waals surface area contributed by atoms with Gasteiger partial charge in [0.15, 0.2) is 0 Å². The summed E-state index contributed by atoms with van der Waals surface area (Å²) in [5.74, 6) is -1.99. The first-order chi connectivity index (χ1) is 12.6. The van der Waals surface area contributed by atoms with Crippen molar-refractivity contribution >= 4 is 29.2 Å². The first kappa shape index (κ1) is 19.2. The fraction of sp³-hybridized carbons (Fsp3) is 0.278. The van der Waals surface area contributed by atoms with Crippen LogP contribution in [0.15, 0.2) is 36.4 Å². The highest BCUT2D eigenvalue weighted by Crippen LogP contribution is 2.37. The molecule has 9 heteroatoms. The van der Waals surface area contributed by atoms with Crippen LogP contribution in [-0.2, 0) is 15.8 Å². The summed E-state index contributed by atoms with van der Waals surface area (Å²) in [5.41, 5.74) is 1.47. The van der Waals surface area contributed by atoms with Crippen molar-refractivity contribution in [3.63, 3.8) is 0 Å². The highest BCUT2D eigenvalue weighted by molar-refractivity contribution is 6.30. The van der Waals surface area contributed by atoms with Crippen LogP contribution >= 0.6 is 11.6 Å². The molecule has 1 aliphatic heterocycles. The maximum absolute atomic E-state index is 13.4. The number of hydrogen-bond donors (Lipinski definition) is 1. The fourth-order valence-corrected chi connectivity index (χ4v) is 2.87. The Morgan fingerprint density at radius 1 is 1.00 bits per heavy atom. The molecule has 2 aromatic rings. The van der Waals surface area contributed by atoms with Crippen molar-refractivity contribution in [2.24, 2.45) is 11.8 Å². The number of nitrogens with one attached hydrogen (secondary N) is 1. The molecule has 5 nitrogen and oxygen atoms in total. The highest BCUT2D eigenvalue weighted by Gasteiger charge is 2.43. The smallest absolute Gasteiger partial charge is 0.272 e. The molecule has 3 rings (SSSR count). The zero-order chi connectivity index (χ0) is 19.9. The standard InChI is InChI=1S/C18H15ClF3N3O2/c1-9-10(2)17(27)25(16(9)26)24-14-8-7-13(18(20,21)22)15(23-14)11-3-5-12(19)6-4-11/h3-10H,1-2H3,(H,23,24). The second-order valence-electron chi connectivity index (χ2n) is 6.30. The van der Waals surface area contributed by atoms with Crippen molar-refractivity contribution in [3.05, 3.63) is 47.0 Å². The minimum Gasteiger partial charge on any atom is -0.272 e. The van der Waals surface area contributed by atoms with E-state index in [1.165, 1.54) is 24.3 Å². The van der Waals surface area contributed by atoms with Crippen LogP contribution in [-0.4, -0.2) is 21.8 Å². The van der Waals surface area contributed by atoms with Gasteiger partial charge in [-0.15, -0.1) is 0 Å². The van der Waals surface area contributed by atoms with Crippen molar-refractivity contribution in [2.45, 2.75) is 20.0 Å². The Hall–Kier alpha value is -2.61. The van der Waals surface area contributed by atoms with Gasteiger partial charge in [0, 0.05) is 22.4 Å². The van der Waals surface area contributed by atoms with E-state index in [1.807, 2.05) is 0 Å². The number of imide groups is 1. The first-order valence-electron chi connectivity index (χ1n) is 8.08. The Bertz CT molecular complexity index is 880. The SMILES string of the molecule is CC1C(=O)N(Nc2ccc(C(F)(F)F)c(-c3ccc(Cl)cc3)n2)C(=O)C1C. The molecule has 2 unspecified atom stereocenters. The normalized spacial score (nSPS) is 20.3. The summed E-state index contributed by atoms with van der Waals surface area (Å²) in [6, 6.07) is 7.68. The monoisotopic (exact) mass is 397 g/mol. The van der Waals surface area contributed by atoms with Gasteiger partial charge in [-0.25, -0.2) is 4.98 Å². The van der Waals surface area contributed by atoms with Gasteiger partial charge in [0.2, 0.25) is 0 Å². The predicted octanol–water partition coefficient (Wildman–Crippen LogP) is 4.39. The first-order valence-corrected chi connectivity index (χ1v) is 8.46. The molecular weight excluding hydrogens is 383 g/mol.